The molecule has 1 rings (SSSR count). The summed E-state index contributed by atoms with van der Waals surface area (Å²) in [5, 5.41) is 9.56. The third-order valence-corrected chi connectivity index (χ3v) is 1.19. The highest BCUT2D eigenvalue weighted by Gasteiger charge is 1.90. The van der Waals surface area contributed by atoms with Crippen LogP contribution in [0, 0.1) is 5.41 Å². The monoisotopic (exact) mass is 222 g/mol. The van der Waals surface area contributed by atoms with Crippen LogP contribution in [0.25, 0.3) is 0 Å². The Morgan fingerprint density at radius 1 is 1.15 bits per heavy atom. The second kappa shape index (κ2) is 6.39. The van der Waals surface area contributed by atoms with Crippen molar-refractivity contribution in [1.82, 2.24) is 0 Å². The van der Waals surface area contributed by atoms with E-state index in [0.717, 1.165) is 5.69 Å². The molecule has 1 aromatic carbocycles. The molecule has 0 saturated carbocycles. The van der Waals surface area contributed by atoms with Crippen LogP contribution in [0.2, 0.25) is 0 Å². The standard InChI is InChI=1S/C7H10N4.2ClH/c8-5-1-3-6(4-2-5)11-7(9)10;;/h1-4H,8H2,(H4,9,10,11);2*1H. The van der Waals surface area contributed by atoms with Gasteiger partial charge in [0.25, 0.3) is 0 Å². The zero-order valence-corrected chi connectivity index (χ0v) is 8.41. The number of benzene rings is 1. The molecule has 74 valence electrons. The smallest absolute Gasteiger partial charge is 0.190 e. The highest BCUT2D eigenvalue weighted by atomic mass is 35.5. The average Bonchev–Trinajstić information content (AvgIpc) is 1.93. The van der Waals surface area contributed by atoms with Gasteiger partial charge in [0.15, 0.2) is 5.96 Å². The van der Waals surface area contributed by atoms with Crippen molar-refractivity contribution < 1.29 is 0 Å². The van der Waals surface area contributed by atoms with Gasteiger partial charge < -0.3 is 16.8 Å². The van der Waals surface area contributed by atoms with Gasteiger partial charge in [-0.2, -0.15) is 0 Å². The van der Waals surface area contributed by atoms with Gasteiger partial charge in [0.2, 0.25) is 0 Å². The van der Waals surface area contributed by atoms with Crippen molar-refractivity contribution in [3.05, 3.63) is 24.3 Å². The summed E-state index contributed by atoms with van der Waals surface area (Å²) in [6, 6.07) is 7.00. The molecule has 6 N–H and O–H groups in total. The Labute approximate surface area is 89.0 Å². The highest BCUT2D eigenvalue weighted by Crippen LogP contribution is 2.09. The lowest BCUT2D eigenvalue weighted by molar-refractivity contribution is 1.41. The maximum Gasteiger partial charge on any atom is 0.190 e. The molecule has 0 heterocycles. The first-order chi connectivity index (χ1) is 5.18. The Hall–Kier alpha value is -1.13. The first-order valence-electron chi connectivity index (χ1n) is 3.15. The van der Waals surface area contributed by atoms with Crippen molar-refractivity contribution in [1.29, 1.82) is 5.41 Å². The number of nitrogens with one attached hydrogen (secondary N) is 2. The van der Waals surface area contributed by atoms with Crippen LogP contribution in [0.5, 0.6) is 0 Å². The van der Waals surface area contributed by atoms with E-state index in [-0.39, 0.29) is 30.8 Å². The van der Waals surface area contributed by atoms with Crippen LogP contribution in [-0.4, -0.2) is 5.96 Å². The van der Waals surface area contributed by atoms with Crippen molar-refractivity contribution in [2.45, 2.75) is 0 Å². The molecular formula is C7H12Cl2N4. The van der Waals surface area contributed by atoms with E-state index in [2.05, 4.69) is 5.32 Å². The molecule has 1 aromatic rings. The molecule has 6 heteroatoms. The summed E-state index contributed by atoms with van der Waals surface area (Å²) in [4.78, 5) is 0. The van der Waals surface area contributed by atoms with Gasteiger partial charge in [-0.25, -0.2) is 0 Å². The predicted octanol–water partition coefficient (Wildman–Crippen LogP) is 1.42. The molecule has 0 fully saturated rings. The first-order valence-corrected chi connectivity index (χ1v) is 3.15. The van der Waals surface area contributed by atoms with Crippen LogP contribution in [0.3, 0.4) is 0 Å². The van der Waals surface area contributed by atoms with Crippen molar-refractivity contribution >= 4 is 42.1 Å². The first kappa shape index (κ1) is 14.4. The zero-order valence-electron chi connectivity index (χ0n) is 6.78. The van der Waals surface area contributed by atoms with E-state index in [4.69, 9.17) is 16.9 Å². The van der Waals surface area contributed by atoms with Crippen LogP contribution in [0.4, 0.5) is 11.4 Å². The summed E-state index contributed by atoms with van der Waals surface area (Å²) >= 11 is 0. The fourth-order valence-corrected chi connectivity index (χ4v) is 0.722. The quantitative estimate of drug-likeness (QED) is 0.330. The summed E-state index contributed by atoms with van der Waals surface area (Å²) in [5.41, 5.74) is 12.0. The van der Waals surface area contributed by atoms with Gasteiger partial charge >= 0.3 is 0 Å². The van der Waals surface area contributed by atoms with E-state index in [1.165, 1.54) is 0 Å². The van der Waals surface area contributed by atoms with Crippen molar-refractivity contribution in [3.8, 4) is 0 Å². The van der Waals surface area contributed by atoms with Crippen molar-refractivity contribution in [3.63, 3.8) is 0 Å². The third-order valence-electron chi connectivity index (χ3n) is 1.19. The van der Waals surface area contributed by atoms with E-state index in [9.17, 15) is 0 Å². The Bertz CT molecular complexity index is 260. The lowest BCUT2D eigenvalue weighted by Gasteiger charge is -2.02. The molecule has 0 saturated heterocycles. The molecule has 0 radical (unpaired) electrons. The van der Waals surface area contributed by atoms with Crippen molar-refractivity contribution in [2.75, 3.05) is 11.1 Å². The molecule has 0 atom stereocenters. The molecule has 0 aliphatic rings. The van der Waals surface area contributed by atoms with E-state index >= 15 is 0 Å². The number of hydrogen-bond donors (Lipinski definition) is 4. The predicted molar refractivity (Wildman–Crippen MR) is 60.9 cm³/mol. The van der Waals surface area contributed by atoms with Gasteiger partial charge in [-0.1, -0.05) is 0 Å². The molecule has 13 heavy (non-hydrogen) atoms. The molecule has 0 spiro atoms. The summed E-state index contributed by atoms with van der Waals surface area (Å²) in [6.45, 7) is 0. The molecule has 0 aromatic heterocycles. The number of rotatable bonds is 1. The molecule has 0 amide bonds. The molecule has 4 nitrogen and oxygen atoms in total. The van der Waals surface area contributed by atoms with Gasteiger partial charge in [-0.15, -0.1) is 24.8 Å². The summed E-state index contributed by atoms with van der Waals surface area (Å²) in [7, 11) is 0. The fraction of sp³-hybridized carbons (Fsp3) is 0. The lowest BCUT2D eigenvalue weighted by atomic mass is 10.3. The fourth-order valence-electron chi connectivity index (χ4n) is 0.722. The molecule has 0 unspecified atom stereocenters. The second-order valence-corrected chi connectivity index (χ2v) is 2.16. The number of anilines is 2. The SMILES string of the molecule is Cl.Cl.N=C(N)Nc1ccc(N)cc1. The van der Waals surface area contributed by atoms with Gasteiger partial charge in [0, 0.05) is 11.4 Å². The minimum atomic E-state index is -0.0743. The number of nitrogen functional groups attached to an aromatic ring is 1. The molecular weight excluding hydrogens is 211 g/mol. The molecule has 0 bridgehead atoms. The maximum atomic E-state index is 6.92. The van der Waals surface area contributed by atoms with Crippen LogP contribution in [0.15, 0.2) is 24.3 Å². The average molecular weight is 223 g/mol. The van der Waals surface area contributed by atoms with Gasteiger partial charge in [-0.05, 0) is 24.3 Å². The summed E-state index contributed by atoms with van der Waals surface area (Å²) in [5.74, 6) is -0.0743. The Balaban J connectivity index is 0. The van der Waals surface area contributed by atoms with Gasteiger partial charge in [0.05, 0.1) is 0 Å². The number of hydrogen-bond acceptors (Lipinski definition) is 2. The van der Waals surface area contributed by atoms with Crippen LogP contribution < -0.4 is 16.8 Å². The zero-order chi connectivity index (χ0) is 8.27. The third kappa shape index (κ3) is 5.16. The lowest BCUT2D eigenvalue weighted by Crippen LogP contribution is -2.20. The largest absolute Gasteiger partial charge is 0.399 e. The van der Waals surface area contributed by atoms with Crippen LogP contribution in [0.1, 0.15) is 0 Å². The normalized spacial score (nSPS) is 7.69. The maximum absolute atomic E-state index is 6.92. The molecule has 0 aliphatic heterocycles. The minimum absolute atomic E-state index is 0. The molecule has 0 aliphatic carbocycles. The van der Waals surface area contributed by atoms with Crippen LogP contribution >= 0.6 is 24.8 Å². The number of nitrogens with two attached hydrogens (primary N) is 2. The van der Waals surface area contributed by atoms with E-state index in [1.807, 2.05) is 0 Å². The topological polar surface area (TPSA) is 87.9 Å². The minimum Gasteiger partial charge on any atom is -0.399 e. The summed E-state index contributed by atoms with van der Waals surface area (Å²) in [6.07, 6.45) is 0. The highest BCUT2D eigenvalue weighted by molar-refractivity contribution is 5.89. The van der Waals surface area contributed by atoms with E-state index in [1.54, 1.807) is 24.3 Å². The van der Waals surface area contributed by atoms with Crippen molar-refractivity contribution in [2.24, 2.45) is 5.73 Å². The Morgan fingerprint density at radius 2 is 1.62 bits per heavy atom. The summed E-state index contributed by atoms with van der Waals surface area (Å²) < 4.78 is 0. The van der Waals surface area contributed by atoms with E-state index in [0.29, 0.717) is 5.69 Å². The second-order valence-electron chi connectivity index (χ2n) is 2.16. The Kier molecular flexibility index (Phi) is 7.08. The van der Waals surface area contributed by atoms with Crippen LogP contribution in [-0.2, 0) is 0 Å². The van der Waals surface area contributed by atoms with Gasteiger partial charge in [0.1, 0.15) is 0 Å². The Morgan fingerprint density at radius 3 is 2.00 bits per heavy atom. The number of guanidine groups is 1. The van der Waals surface area contributed by atoms with Gasteiger partial charge in [-0.3, -0.25) is 5.41 Å². The number of halogens is 2. The van der Waals surface area contributed by atoms with E-state index < -0.39 is 0 Å².